The number of hydrogen-bond donors (Lipinski definition) is 2. The van der Waals surface area contributed by atoms with Gasteiger partial charge in [-0.1, -0.05) is 17.7 Å². The number of carbonyl (C=O) groups is 3. The van der Waals surface area contributed by atoms with E-state index in [0.717, 1.165) is 13.0 Å². The van der Waals surface area contributed by atoms with E-state index in [1.54, 1.807) is 0 Å². The van der Waals surface area contributed by atoms with Gasteiger partial charge in [-0.25, -0.2) is 9.18 Å². The number of amides is 1. The summed E-state index contributed by atoms with van der Waals surface area (Å²) in [6.45, 7) is 2.33. The van der Waals surface area contributed by atoms with E-state index in [1.807, 2.05) is 5.32 Å². The first-order valence-electron chi connectivity index (χ1n) is 6.27. The van der Waals surface area contributed by atoms with Crippen molar-refractivity contribution < 1.29 is 33.4 Å². The molecule has 0 fully saturated rings. The number of esters is 1. The average Bonchev–Trinajstić information content (AvgIpc) is 2.66. The molecule has 1 heterocycles. The number of ketones is 1. The van der Waals surface area contributed by atoms with E-state index in [2.05, 4.69) is 0 Å². The molecule has 1 aliphatic heterocycles. The molecular formula is C14H11ClFNO6. The number of rotatable bonds is 3. The molecule has 1 atom stereocenters. The molecule has 23 heavy (non-hydrogen) atoms. The third-order valence-electron chi connectivity index (χ3n) is 3.09. The SMILES string of the molecule is CC(=O)OC1=C(NC(=O)O)OC(C)(c2ccc(Cl)c(F)c2)C1=O. The number of halogens is 2. The van der Waals surface area contributed by atoms with Crippen LogP contribution in [0.2, 0.25) is 5.02 Å². The van der Waals surface area contributed by atoms with Crippen molar-refractivity contribution in [1.29, 1.82) is 0 Å². The number of nitrogens with one attached hydrogen (secondary N) is 1. The molecule has 1 amide bonds. The quantitative estimate of drug-likeness (QED) is 0.816. The Morgan fingerprint density at radius 3 is 2.61 bits per heavy atom. The lowest BCUT2D eigenvalue weighted by atomic mass is 9.91. The van der Waals surface area contributed by atoms with E-state index in [1.165, 1.54) is 19.1 Å². The molecule has 0 bridgehead atoms. The highest BCUT2D eigenvalue weighted by Gasteiger charge is 2.50. The number of carbonyl (C=O) groups excluding carboxylic acids is 2. The lowest BCUT2D eigenvalue weighted by molar-refractivity contribution is -0.142. The number of ether oxygens (including phenoxy) is 2. The van der Waals surface area contributed by atoms with Crippen LogP contribution in [0, 0.1) is 5.82 Å². The molecule has 1 aliphatic rings. The minimum absolute atomic E-state index is 0.0799. The molecular weight excluding hydrogens is 333 g/mol. The third-order valence-corrected chi connectivity index (χ3v) is 3.40. The van der Waals surface area contributed by atoms with Crippen molar-refractivity contribution in [3.8, 4) is 0 Å². The molecule has 7 nitrogen and oxygen atoms in total. The zero-order chi connectivity index (χ0) is 17.4. The van der Waals surface area contributed by atoms with Crippen LogP contribution in [0.25, 0.3) is 0 Å². The molecule has 0 spiro atoms. The van der Waals surface area contributed by atoms with Crippen LogP contribution in [0.15, 0.2) is 29.8 Å². The summed E-state index contributed by atoms with van der Waals surface area (Å²) in [5.41, 5.74) is -1.69. The second kappa shape index (κ2) is 5.88. The monoisotopic (exact) mass is 343 g/mol. The van der Waals surface area contributed by atoms with Crippen molar-refractivity contribution in [2.24, 2.45) is 0 Å². The average molecular weight is 344 g/mol. The molecule has 0 aromatic heterocycles. The van der Waals surface area contributed by atoms with Crippen LogP contribution in [0.3, 0.4) is 0 Å². The topological polar surface area (TPSA) is 102 Å². The second-order valence-corrected chi connectivity index (χ2v) is 5.18. The van der Waals surface area contributed by atoms with E-state index < -0.39 is 40.9 Å². The lowest BCUT2D eigenvalue weighted by Gasteiger charge is -2.23. The zero-order valence-corrected chi connectivity index (χ0v) is 12.7. The molecule has 0 aliphatic carbocycles. The highest BCUT2D eigenvalue weighted by atomic mass is 35.5. The van der Waals surface area contributed by atoms with Crippen molar-refractivity contribution in [2.45, 2.75) is 19.4 Å². The van der Waals surface area contributed by atoms with Crippen molar-refractivity contribution in [3.63, 3.8) is 0 Å². The smallest absolute Gasteiger partial charge is 0.411 e. The molecule has 2 N–H and O–H groups in total. The van der Waals surface area contributed by atoms with E-state index in [4.69, 9.17) is 26.2 Å². The van der Waals surface area contributed by atoms with Crippen LogP contribution in [-0.2, 0) is 24.7 Å². The normalized spacial score (nSPS) is 20.3. The lowest BCUT2D eigenvalue weighted by Crippen LogP contribution is -2.32. The molecule has 1 aromatic carbocycles. The van der Waals surface area contributed by atoms with Crippen LogP contribution >= 0.6 is 11.6 Å². The Morgan fingerprint density at radius 1 is 1.43 bits per heavy atom. The maximum Gasteiger partial charge on any atom is 0.411 e. The van der Waals surface area contributed by atoms with Gasteiger partial charge in [0.25, 0.3) is 5.78 Å². The Labute approximate surface area is 134 Å². The highest BCUT2D eigenvalue weighted by Crippen LogP contribution is 2.39. The summed E-state index contributed by atoms with van der Waals surface area (Å²) in [7, 11) is 0. The summed E-state index contributed by atoms with van der Waals surface area (Å²) >= 11 is 5.59. The van der Waals surface area contributed by atoms with Crippen molar-refractivity contribution in [3.05, 3.63) is 46.2 Å². The van der Waals surface area contributed by atoms with Gasteiger partial charge in [0, 0.05) is 12.5 Å². The maximum absolute atomic E-state index is 13.6. The summed E-state index contributed by atoms with van der Waals surface area (Å²) in [6, 6.07) is 3.55. The standard InChI is InChI=1S/C14H11ClFNO6/c1-6(18)22-10-11(19)14(2,23-12(10)17-13(20)21)7-3-4-8(15)9(16)5-7/h3-5,17H,1-2H3,(H,20,21). The zero-order valence-electron chi connectivity index (χ0n) is 12.0. The molecule has 0 saturated carbocycles. The number of carboxylic acid groups (broad SMARTS) is 1. The fourth-order valence-corrected chi connectivity index (χ4v) is 2.13. The summed E-state index contributed by atoms with van der Waals surface area (Å²) < 4.78 is 23.7. The molecule has 9 heteroatoms. The Balaban J connectivity index is 2.46. The van der Waals surface area contributed by atoms with E-state index >= 15 is 0 Å². The number of Topliss-reactive ketones (excluding diaryl/α,β-unsaturated/α-hetero) is 1. The van der Waals surface area contributed by atoms with Gasteiger partial charge in [0.1, 0.15) is 5.82 Å². The van der Waals surface area contributed by atoms with Crippen LogP contribution in [0.1, 0.15) is 19.4 Å². The van der Waals surface area contributed by atoms with E-state index in [0.29, 0.717) is 0 Å². The number of hydrogen-bond acceptors (Lipinski definition) is 5. The first-order valence-corrected chi connectivity index (χ1v) is 6.65. The molecule has 1 aromatic rings. The van der Waals surface area contributed by atoms with Gasteiger partial charge in [-0.05, 0) is 19.1 Å². The first kappa shape index (κ1) is 16.8. The summed E-state index contributed by atoms with van der Waals surface area (Å²) in [6.07, 6.45) is -1.52. The Kier molecular flexibility index (Phi) is 4.28. The first-order chi connectivity index (χ1) is 10.6. The third kappa shape index (κ3) is 3.11. The summed E-state index contributed by atoms with van der Waals surface area (Å²) in [4.78, 5) is 34.4. The van der Waals surface area contributed by atoms with Gasteiger partial charge in [0.05, 0.1) is 5.02 Å². The highest BCUT2D eigenvalue weighted by molar-refractivity contribution is 6.30. The van der Waals surface area contributed by atoms with Crippen LogP contribution in [0.5, 0.6) is 0 Å². The molecule has 0 radical (unpaired) electrons. The van der Waals surface area contributed by atoms with Gasteiger partial charge in [-0.15, -0.1) is 0 Å². The van der Waals surface area contributed by atoms with Gasteiger partial charge in [-0.2, -0.15) is 0 Å². The minimum atomic E-state index is -1.77. The Bertz CT molecular complexity index is 747. The minimum Gasteiger partial charge on any atom is -0.465 e. The van der Waals surface area contributed by atoms with Gasteiger partial charge in [-0.3, -0.25) is 14.9 Å². The van der Waals surface area contributed by atoms with Gasteiger partial charge in [0.15, 0.2) is 5.60 Å². The predicted molar refractivity (Wildman–Crippen MR) is 74.8 cm³/mol. The van der Waals surface area contributed by atoms with E-state index in [9.17, 15) is 18.8 Å². The summed E-state index contributed by atoms with van der Waals surface area (Å²) in [5.74, 6) is -3.60. The van der Waals surface area contributed by atoms with Crippen molar-refractivity contribution in [1.82, 2.24) is 5.32 Å². The van der Waals surface area contributed by atoms with Crippen molar-refractivity contribution >= 4 is 29.4 Å². The predicted octanol–water partition coefficient (Wildman–Crippen LogP) is 2.29. The molecule has 2 rings (SSSR count). The number of benzene rings is 1. The van der Waals surface area contributed by atoms with Crippen LogP contribution < -0.4 is 5.32 Å². The molecule has 1 unspecified atom stereocenters. The van der Waals surface area contributed by atoms with Gasteiger partial charge >= 0.3 is 12.1 Å². The van der Waals surface area contributed by atoms with Crippen molar-refractivity contribution in [2.75, 3.05) is 0 Å². The van der Waals surface area contributed by atoms with Gasteiger partial charge < -0.3 is 14.6 Å². The second-order valence-electron chi connectivity index (χ2n) is 4.78. The largest absolute Gasteiger partial charge is 0.465 e. The van der Waals surface area contributed by atoms with E-state index in [-0.39, 0.29) is 10.6 Å². The maximum atomic E-state index is 13.6. The van der Waals surface area contributed by atoms with Gasteiger partial charge in [0.2, 0.25) is 11.6 Å². The summed E-state index contributed by atoms with van der Waals surface area (Å²) in [5, 5.41) is 10.5. The molecule has 122 valence electrons. The molecule has 0 saturated heterocycles. The fourth-order valence-electron chi connectivity index (χ4n) is 2.02. The Morgan fingerprint density at radius 2 is 2.09 bits per heavy atom. The fraction of sp³-hybridized carbons (Fsp3) is 0.214. The Hall–Kier alpha value is -2.61. The van der Waals surface area contributed by atoms with Crippen LogP contribution in [-0.4, -0.2) is 23.0 Å². The van der Waals surface area contributed by atoms with Crippen LogP contribution in [0.4, 0.5) is 9.18 Å².